The first-order chi connectivity index (χ1) is 13.0. The number of rotatable bonds is 6. The highest BCUT2D eigenvalue weighted by Crippen LogP contribution is 2.25. The molecule has 0 saturated carbocycles. The van der Waals surface area contributed by atoms with Crippen LogP contribution in [-0.4, -0.2) is 43.7 Å². The lowest BCUT2D eigenvalue weighted by atomic mass is 10.0. The van der Waals surface area contributed by atoms with E-state index in [-0.39, 0.29) is 24.2 Å². The van der Waals surface area contributed by atoms with E-state index in [1.807, 2.05) is 0 Å². The smallest absolute Gasteiger partial charge is 0.224 e. The van der Waals surface area contributed by atoms with Gasteiger partial charge >= 0.3 is 0 Å². The Kier molecular flexibility index (Phi) is 7.07. The Hall–Kier alpha value is -1.66. The van der Waals surface area contributed by atoms with Crippen LogP contribution in [0, 0.1) is 5.82 Å². The molecule has 144 valence electrons. The predicted molar refractivity (Wildman–Crippen MR) is 105 cm³/mol. The van der Waals surface area contributed by atoms with E-state index in [9.17, 15) is 9.18 Å². The fourth-order valence-corrected chi connectivity index (χ4v) is 3.70. The standard InChI is InChI=1S/C20H21Cl2FN2O2/c21-17-2-1-3-18(22)16(17)12-20(26)24-13-19(25-8-10-27-11-9-25)14-4-6-15(23)7-5-14/h1-7,19H,8-13H2,(H,24,26)/t19-/m0/s1. The molecular weight excluding hydrogens is 390 g/mol. The summed E-state index contributed by atoms with van der Waals surface area (Å²) < 4.78 is 18.7. The first kappa shape index (κ1) is 20.1. The molecule has 1 heterocycles. The lowest BCUT2D eigenvalue weighted by Crippen LogP contribution is -2.44. The van der Waals surface area contributed by atoms with E-state index < -0.39 is 0 Å². The Morgan fingerprint density at radius 3 is 2.37 bits per heavy atom. The SMILES string of the molecule is O=C(Cc1c(Cl)cccc1Cl)NC[C@@H](c1ccc(F)cc1)N1CCOCC1. The van der Waals surface area contributed by atoms with E-state index in [4.69, 9.17) is 27.9 Å². The van der Waals surface area contributed by atoms with Crippen LogP contribution in [0.15, 0.2) is 42.5 Å². The Morgan fingerprint density at radius 2 is 1.74 bits per heavy atom. The van der Waals surface area contributed by atoms with Crippen LogP contribution in [0.3, 0.4) is 0 Å². The third-order valence-corrected chi connectivity index (χ3v) is 5.34. The highest BCUT2D eigenvalue weighted by atomic mass is 35.5. The van der Waals surface area contributed by atoms with E-state index in [0.717, 1.165) is 18.7 Å². The molecule has 1 amide bonds. The number of carbonyl (C=O) groups is 1. The van der Waals surface area contributed by atoms with E-state index in [2.05, 4.69) is 10.2 Å². The van der Waals surface area contributed by atoms with Gasteiger partial charge in [-0.25, -0.2) is 4.39 Å². The summed E-state index contributed by atoms with van der Waals surface area (Å²) >= 11 is 12.3. The van der Waals surface area contributed by atoms with Crippen molar-refractivity contribution >= 4 is 29.1 Å². The molecule has 0 aliphatic carbocycles. The predicted octanol–water partition coefficient (Wildman–Crippen LogP) is 3.86. The summed E-state index contributed by atoms with van der Waals surface area (Å²) in [6.07, 6.45) is 0.109. The van der Waals surface area contributed by atoms with Crippen LogP contribution in [0.2, 0.25) is 10.0 Å². The van der Waals surface area contributed by atoms with Gasteiger partial charge in [0.15, 0.2) is 0 Å². The minimum absolute atomic E-state index is 0.0554. The third kappa shape index (κ3) is 5.42. The molecule has 0 aromatic heterocycles. The minimum atomic E-state index is -0.281. The maximum Gasteiger partial charge on any atom is 0.224 e. The Morgan fingerprint density at radius 1 is 1.11 bits per heavy atom. The van der Waals surface area contributed by atoms with Gasteiger partial charge < -0.3 is 10.1 Å². The lowest BCUT2D eigenvalue weighted by Gasteiger charge is -2.35. The molecule has 0 unspecified atom stereocenters. The molecule has 1 saturated heterocycles. The molecule has 7 heteroatoms. The monoisotopic (exact) mass is 410 g/mol. The second-order valence-electron chi connectivity index (χ2n) is 6.40. The van der Waals surface area contributed by atoms with Crippen LogP contribution in [0.5, 0.6) is 0 Å². The largest absolute Gasteiger partial charge is 0.379 e. The molecule has 1 atom stereocenters. The highest BCUT2D eigenvalue weighted by Gasteiger charge is 2.23. The quantitative estimate of drug-likeness (QED) is 0.785. The maximum atomic E-state index is 13.3. The third-order valence-electron chi connectivity index (χ3n) is 4.63. The fraction of sp³-hybridized carbons (Fsp3) is 0.350. The van der Waals surface area contributed by atoms with E-state index in [1.165, 1.54) is 12.1 Å². The van der Waals surface area contributed by atoms with Gasteiger partial charge in [0.05, 0.1) is 25.7 Å². The van der Waals surface area contributed by atoms with Crippen LogP contribution in [0.4, 0.5) is 4.39 Å². The lowest BCUT2D eigenvalue weighted by molar-refractivity contribution is -0.120. The molecule has 0 bridgehead atoms. The van der Waals surface area contributed by atoms with Gasteiger partial charge in [0, 0.05) is 29.7 Å². The van der Waals surface area contributed by atoms with Gasteiger partial charge in [-0.05, 0) is 35.4 Å². The van der Waals surface area contributed by atoms with Crippen LogP contribution in [-0.2, 0) is 16.0 Å². The number of carbonyl (C=O) groups excluding carboxylic acids is 1. The van der Waals surface area contributed by atoms with Crippen LogP contribution in [0.1, 0.15) is 17.2 Å². The fourth-order valence-electron chi connectivity index (χ4n) is 3.17. The summed E-state index contributed by atoms with van der Waals surface area (Å²) in [6.45, 7) is 3.21. The first-order valence-electron chi connectivity index (χ1n) is 8.81. The zero-order valence-electron chi connectivity index (χ0n) is 14.8. The average Bonchev–Trinajstić information content (AvgIpc) is 2.67. The van der Waals surface area contributed by atoms with Gasteiger partial charge in [0.25, 0.3) is 0 Å². The molecular formula is C20H21Cl2FN2O2. The van der Waals surface area contributed by atoms with E-state index in [1.54, 1.807) is 30.3 Å². The normalized spacial score (nSPS) is 16.1. The van der Waals surface area contributed by atoms with Crippen LogP contribution in [0.25, 0.3) is 0 Å². The summed E-state index contributed by atoms with van der Waals surface area (Å²) in [5.41, 5.74) is 1.57. The molecule has 2 aromatic carbocycles. The summed E-state index contributed by atoms with van der Waals surface area (Å²) in [4.78, 5) is 14.7. The second kappa shape index (κ2) is 9.51. The molecule has 1 N–H and O–H groups in total. The van der Waals surface area contributed by atoms with Gasteiger partial charge in [-0.15, -0.1) is 0 Å². The number of morpholine rings is 1. The summed E-state index contributed by atoms with van der Waals surface area (Å²) in [5, 5.41) is 3.91. The molecule has 3 rings (SSSR count). The topological polar surface area (TPSA) is 41.6 Å². The van der Waals surface area contributed by atoms with Crippen LogP contribution >= 0.6 is 23.2 Å². The van der Waals surface area contributed by atoms with Crippen LogP contribution < -0.4 is 5.32 Å². The molecule has 1 aliphatic heterocycles. The summed E-state index contributed by atoms with van der Waals surface area (Å²) in [5.74, 6) is -0.442. The Labute approximate surface area is 168 Å². The minimum Gasteiger partial charge on any atom is -0.379 e. The van der Waals surface area contributed by atoms with E-state index in [0.29, 0.717) is 35.4 Å². The number of hydrogen-bond acceptors (Lipinski definition) is 3. The molecule has 27 heavy (non-hydrogen) atoms. The van der Waals surface area contributed by atoms with Gasteiger partial charge in [-0.1, -0.05) is 41.4 Å². The Bertz CT molecular complexity index is 760. The molecule has 1 fully saturated rings. The number of hydrogen-bond donors (Lipinski definition) is 1. The van der Waals surface area contributed by atoms with Crippen molar-refractivity contribution in [3.8, 4) is 0 Å². The van der Waals surface area contributed by atoms with Gasteiger partial charge in [0.1, 0.15) is 5.82 Å². The summed E-state index contributed by atoms with van der Waals surface area (Å²) in [6, 6.07) is 11.5. The van der Waals surface area contributed by atoms with E-state index >= 15 is 0 Å². The molecule has 1 aliphatic rings. The number of nitrogens with zero attached hydrogens (tertiary/aromatic N) is 1. The van der Waals surface area contributed by atoms with Crippen molar-refractivity contribution in [2.45, 2.75) is 12.5 Å². The molecule has 0 spiro atoms. The van der Waals surface area contributed by atoms with Crippen molar-refractivity contribution < 1.29 is 13.9 Å². The Balaban J connectivity index is 1.68. The van der Waals surface area contributed by atoms with Gasteiger partial charge in [-0.3, -0.25) is 9.69 Å². The first-order valence-corrected chi connectivity index (χ1v) is 9.57. The number of ether oxygens (including phenoxy) is 1. The zero-order chi connectivity index (χ0) is 19.2. The number of benzene rings is 2. The average molecular weight is 411 g/mol. The second-order valence-corrected chi connectivity index (χ2v) is 7.21. The highest BCUT2D eigenvalue weighted by molar-refractivity contribution is 6.36. The molecule has 4 nitrogen and oxygen atoms in total. The van der Waals surface area contributed by atoms with Crippen molar-refractivity contribution in [3.05, 3.63) is 69.5 Å². The zero-order valence-corrected chi connectivity index (χ0v) is 16.3. The van der Waals surface area contributed by atoms with Crippen molar-refractivity contribution in [1.82, 2.24) is 10.2 Å². The maximum absolute atomic E-state index is 13.3. The van der Waals surface area contributed by atoms with Crippen molar-refractivity contribution in [2.24, 2.45) is 0 Å². The summed E-state index contributed by atoms with van der Waals surface area (Å²) in [7, 11) is 0. The number of amides is 1. The van der Waals surface area contributed by atoms with Gasteiger partial charge in [-0.2, -0.15) is 0 Å². The number of nitrogens with one attached hydrogen (secondary N) is 1. The number of halogens is 3. The molecule has 0 radical (unpaired) electrons. The van der Waals surface area contributed by atoms with Gasteiger partial charge in [0.2, 0.25) is 5.91 Å². The molecule has 2 aromatic rings. The van der Waals surface area contributed by atoms with Crippen molar-refractivity contribution in [3.63, 3.8) is 0 Å². The van der Waals surface area contributed by atoms with Crippen molar-refractivity contribution in [2.75, 3.05) is 32.8 Å². The van der Waals surface area contributed by atoms with Crippen molar-refractivity contribution in [1.29, 1.82) is 0 Å².